The number of carboxylic acid groups (broad SMARTS) is 1. The number of halogens is 1. The van der Waals surface area contributed by atoms with Gasteiger partial charge in [-0.1, -0.05) is 0 Å². The summed E-state index contributed by atoms with van der Waals surface area (Å²) in [6.07, 6.45) is -0.672. The number of hydrogen-bond donors (Lipinski definition) is 2. The van der Waals surface area contributed by atoms with Crippen molar-refractivity contribution in [2.24, 2.45) is 0 Å². The number of carbonyl (C=O) groups excluding carboxylic acids is 1. The Balaban J connectivity index is 2.45. The van der Waals surface area contributed by atoms with Crippen LogP contribution in [-0.4, -0.2) is 34.7 Å². The lowest BCUT2D eigenvalue weighted by molar-refractivity contribution is -0.117. The van der Waals surface area contributed by atoms with Crippen LogP contribution in [-0.2, 0) is 4.79 Å². The van der Waals surface area contributed by atoms with Crippen LogP contribution >= 0.6 is 22.6 Å². The van der Waals surface area contributed by atoms with E-state index in [-0.39, 0.29) is 24.4 Å². The van der Waals surface area contributed by atoms with Crippen LogP contribution in [0.4, 0.5) is 5.69 Å². The molecule has 1 fully saturated rings. The molecule has 1 heterocycles. The zero-order valence-electron chi connectivity index (χ0n) is 8.76. The highest BCUT2D eigenvalue weighted by atomic mass is 127. The van der Waals surface area contributed by atoms with Gasteiger partial charge >= 0.3 is 5.97 Å². The van der Waals surface area contributed by atoms with E-state index in [1.165, 1.54) is 11.0 Å². The van der Waals surface area contributed by atoms with Crippen LogP contribution in [0.15, 0.2) is 18.2 Å². The number of anilines is 1. The Morgan fingerprint density at radius 2 is 2.18 bits per heavy atom. The van der Waals surface area contributed by atoms with E-state index >= 15 is 0 Å². The molecule has 0 aromatic heterocycles. The highest BCUT2D eigenvalue weighted by molar-refractivity contribution is 14.1. The summed E-state index contributed by atoms with van der Waals surface area (Å²) in [5.74, 6) is -1.33. The van der Waals surface area contributed by atoms with E-state index in [9.17, 15) is 14.7 Å². The molecule has 1 unspecified atom stereocenters. The highest BCUT2D eigenvalue weighted by Crippen LogP contribution is 2.27. The van der Waals surface area contributed by atoms with Gasteiger partial charge < -0.3 is 15.1 Å². The van der Waals surface area contributed by atoms with E-state index in [2.05, 4.69) is 0 Å². The lowest BCUT2D eigenvalue weighted by atomic mass is 10.1. The zero-order chi connectivity index (χ0) is 12.6. The third-order valence-corrected chi connectivity index (χ3v) is 3.26. The molecular formula is C11H10INO4. The number of amides is 1. The fourth-order valence-electron chi connectivity index (χ4n) is 1.84. The molecule has 0 saturated carbocycles. The summed E-state index contributed by atoms with van der Waals surface area (Å²) in [6, 6.07) is 4.84. The Hall–Kier alpha value is -1.15. The number of aliphatic hydroxyl groups excluding tert-OH is 1. The predicted molar refractivity (Wildman–Crippen MR) is 69.1 cm³/mol. The first-order valence-corrected chi connectivity index (χ1v) is 6.08. The molecule has 0 aliphatic carbocycles. The Morgan fingerprint density at radius 3 is 2.71 bits per heavy atom. The molecule has 2 rings (SSSR count). The van der Waals surface area contributed by atoms with Gasteiger partial charge in [0, 0.05) is 3.57 Å². The highest BCUT2D eigenvalue weighted by Gasteiger charge is 2.31. The lowest BCUT2D eigenvalue weighted by Gasteiger charge is -2.18. The quantitative estimate of drug-likeness (QED) is 0.785. The molecule has 1 saturated heterocycles. The van der Waals surface area contributed by atoms with E-state index in [0.717, 1.165) is 3.57 Å². The maximum atomic E-state index is 11.6. The third kappa shape index (κ3) is 2.42. The molecule has 90 valence electrons. The summed E-state index contributed by atoms with van der Waals surface area (Å²) >= 11 is 2.01. The molecule has 6 heteroatoms. The Kier molecular flexibility index (Phi) is 3.34. The standard InChI is InChI=1S/C11H10INO4/c12-6-1-2-9(8(3-6)11(16)17)13-5-7(14)4-10(13)15/h1-3,7,14H,4-5H2,(H,16,17). The van der Waals surface area contributed by atoms with Gasteiger partial charge in [0.25, 0.3) is 0 Å². The molecule has 0 radical (unpaired) electrons. The topological polar surface area (TPSA) is 77.8 Å². The fraction of sp³-hybridized carbons (Fsp3) is 0.273. The number of carboxylic acids is 1. The van der Waals surface area contributed by atoms with Crippen molar-refractivity contribution in [2.75, 3.05) is 11.4 Å². The minimum atomic E-state index is -1.08. The van der Waals surface area contributed by atoms with E-state index in [1.54, 1.807) is 12.1 Å². The van der Waals surface area contributed by atoms with Gasteiger partial charge in [0.05, 0.1) is 30.3 Å². The third-order valence-electron chi connectivity index (χ3n) is 2.58. The number of aromatic carboxylic acids is 1. The molecule has 5 nitrogen and oxygen atoms in total. The van der Waals surface area contributed by atoms with Gasteiger partial charge in [0.2, 0.25) is 5.91 Å². The first-order valence-electron chi connectivity index (χ1n) is 5.00. The molecule has 17 heavy (non-hydrogen) atoms. The summed E-state index contributed by atoms with van der Waals surface area (Å²) in [5, 5.41) is 18.5. The summed E-state index contributed by atoms with van der Waals surface area (Å²) in [6.45, 7) is 0.152. The average molecular weight is 347 g/mol. The SMILES string of the molecule is O=C(O)c1cc(I)ccc1N1CC(O)CC1=O. The number of hydrogen-bond acceptors (Lipinski definition) is 3. The van der Waals surface area contributed by atoms with Crippen molar-refractivity contribution < 1.29 is 19.8 Å². The predicted octanol–water partition coefficient (Wildman–Crippen LogP) is 1.09. The number of benzene rings is 1. The van der Waals surface area contributed by atoms with Crippen LogP contribution in [0.3, 0.4) is 0 Å². The van der Waals surface area contributed by atoms with Crippen molar-refractivity contribution in [3.8, 4) is 0 Å². The van der Waals surface area contributed by atoms with Crippen molar-refractivity contribution in [1.29, 1.82) is 0 Å². The number of aliphatic hydroxyl groups is 1. The number of rotatable bonds is 2. The zero-order valence-corrected chi connectivity index (χ0v) is 10.9. The van der Waals surface area contributed by atoms with Crippen LogP contribution in [0, 0.1) is 3.57 Å². The molecule has 1 atom stereocenters. The molecule has 0 bridgehead atoms. The van der Waals surface area contributed by atoms with E-state index < -0.39 is 12.1 Å². The van der Waals surface area contributed by atoms with E-state index in [1.807, 2.05) is 22.6 Å². The van der Waals surface area contributed by atoms with Crippen LogP contribution in [0.5, 0.6) is 0 Å². The van der Waals surface area contributed by atoms with Gasteiger partial charge in [-0.2, -0.15) is 0 Å². The van der Waals surface area contributed by atoms with Gasteiger partial charge in [0.15, 0.2) is 0 Å². The maximum Gasteiger partial charge on any atom is 0.337 e. The Bertz CT molecular complexity index is 488. The van der Waals surface area contributed by atoms with E-state index in [4.69, 9.17) is 5.11 Å². The summed E-state index contributed by atoms with van der Waals surface area (Å²) in [4.78, 5) is 24.1. The minimum absolute atomic E-state index is 0.0467. The van der Waals surface area contributed by atoms with Crippen molar-refractivity contribution >= 4 is 40.2 Å². The first kappa shape index (κ1) is 12.3. The normalized spacial score (nSPS) is 19.8. The number of nitrogens with zero attached hydrogens (tertiary/aromatic N) is 1. The van der Waals surface area contributed by atoms with E-state index in [0.29, 0.717) is 5.69 Å². The monoisotopic (exact) mass is 347 g/mol. The molecule has 2 N–H and O–H groups in total. The molecule has 1 aromatic carbocycles. The molecular weight excluding hydrogens is 337 g/mol. The van der Waals surface area contributed by atoms with Crippen LogP contribution in [0.25, 0.3) is 0 Å². The summed E-state index contributed by atoms with van der Waals surface area (Å²) in [7, 11) is 0. The van der Waals surface area contributed by atoms with Gasteiger partial charge in [-0.05, 0) is 40.8 Å². The molecule has 1 amide bonds. The van der Waals surface area contributed by atoms with Gasteiger partial charge in [-0.25, -0.2) is 4.79 Å². The minimum Gasteiger partial charge on any atom is -0.478 e. The second kappa shape index (κ2) is 4.61. The molecule has 1 aliphatic rings. The molecule has 1 aromatic rings. The smallest absolute Gasteiger partial charge is 0.337 e. The van der Waals surface area contributed by atoms with Crippen molar-refractivity contribution in [3.05, 3.63) is 27.3 Å². The summed E-state index contributed by atoms with van der Waals surface area (Å²) in [5.41, 5.74) is 0.429. The average Bonchev–Trinajstić information content (AvgIpc) is 2.57. The maximum absolute atomic E-state index is 11.6. The number of carbonyl (C=O) groups is 2. The van der Waals surface area contributed by atoms with Crippen LogP contribution in [0.2, 0.25) is 0 Å². The van der Waals surface area contributed by atoms with Crippen LogP contribution in [0.1, 0.15) is 16.8 Å². The second-order valence-corrected chi connectivity index (χ2v) is 5.07. The largest absolute Gasteiger partial charge is 0.478 e. The lowest BCUT2D eigenvalue weighted by Crippen LogP contribution is -2.27. The Labute approximate surface area is 111 Å². The second-order valence-electron chi connectivity index (χ2n) is 3.83. The summed E-state index contributed by atoms with van der Waals surface area (Å²) < 4.78 is 0.788. The molecule has 0 spiro atoms. The first-order chi connectivity index (χ1) is 7.99. The number of β-amino-alcohol motifs (C(OH)–C–C–N with tert-alkyl or cyclic N) is 1. The van der Waals surface area contributed by atoms with Crippen molar-refractivity contribution in [3.63, 3.8) is 0 Å². The van der Waals surface area contributed by atoms with Crippen LogP contribution < -0.4 is 4.90 Å². The van der Waals surface area contributed by atoms with Gasteiger partial charge in [0.1, 0.15) is 0 Å². The van der Waals surface area contributed by atoms with Crippen molar-refractivity contribution in [1.82, 2.24) is 0 Å². The fourth-order valence-corrected chi connectivity index (χ4v) is 2.33. The van der Waals surface area contributed by atoms with Gasteiger partial charge in [-0.3, -0.25) is 4.79 Å². The molecule has 1 aliphatic heterocycles. The Morgan fingerprint density at radius 1 is 1.47 bits per heavy atom. The van der Waals surface area contributed by atoms with Gasteiger partial charge in [-0.15, -0.1) is 0 Å². The van der Waals surface area contributed by atoms with Crippen molar-refractivity contribution in [2.45, 2.75) is 12.5 Å².